The van der Waals surface area contributed by atoms with Gasteiger partial charge in [-0.2, -0.15) is 0 Å². The maximum atomic E-state index is 12.0. The summed E-state index contributed by atoms with van der Waals surface area (Å²) >= 11 is 0. The van der Waals surface area contributed by atoms with Crippen molar-refractivity contribution >= 4 is 11.7 Å². The lowest BCUT2D eigenvalue weighted by atomic mass is 10.1. The van der Waals surface area contributed by atoms with Gasteiger partial charge in [0.25, 0.3) is 5.91 Å². The van der Waals surface area contributed by atoms with Gasteiger partial charge in [-0.3, -0.25) is 4.79 Å². The van der Waals surface area contributed by atoms with Crippen LogP contribution in [0.3, 0.4) is 0 Å². The average Bonchev–Trinajstić information content (AvgIpc) is 2.42. The highest BCUT2D eigenvalue weighted by Gasteiger charge is 2.11. The molecule has 1 amide bonds. The van der Waals surface area contributed by atoms with Crippen molar-refractivity contribution in [3.63, 3.8) is 0 Å². The standard InChI is InChI=1S/C14H23N3O2/c1-10(2)12-8-11(9-13(15-3)17-12)14(18)16-6-5-7-19-4/h8-10H,5-7H2,1-4H3,(H,15,17)(H,16,18). The third kappa shape index (κ3) is 4.87. The minimum Gasteiger partial charge on any atom is -0.385 e. The highest BCUT2D eigenvalue weighted by atomic mass is 16.5. The zero-order valence-corrected chi connectivity index (χ0v) is 12.1. The van der Waals surface area contributed by atoms with Gasteiger partial charge in [0.15, 0.2) is 0 Å². The van der Waals surface area contributed by atoms with E-state index in [1.807, 2.05) is 6.07 Å². The molecule has 0 radical (unpaired) electrons. The molecule has 0 aromatic carbocycles. The predicted octanol–water partition coefficient (Wildman–Crippen LogP) is 2.01. The highest BCUT2D eigenvalue weighted by Crippen LogP contribution is 2.17. The number of ether oxygens (including phenoxy) is 1. The number of methoxy groups -OCH3 is 1. The summed E-state index contributed by atoms with van der Waals surface area (Å²) in [4.78, 5) is 16.5. The van der Waals surface area contributed by atoms with E-state index in [-0.39, 0.29) is 11.8 Å². The first-order valence-corrected chi connectivity index (χ1v) is 6.55. The summed E-state index contributed by atoms with van der Waals surface area (Å²) in [6.45, 7) is 5.38. The van der Waals surface area contributed by atoms with Crippen molar-refractivity contribution in [1.82, 2.24) is 10.3 Å². The van der Waals surface area contributed by atoms with Crippen LogP contribution in [-0.4, -0.2) is 38.2 Å². The monoisotopic (exact) mass is 265 g/mol. The van der Waals surface area contributed by atoms with E-state index >= 15 is 0 Å². The Morgan fingerprint density at radius 2 is 2.16 bits per heavy atom. The summed E-state index contributed by atoms with van der Waals surface area (Å²) in [5.41, 5.74) is 1.55. The van der Waals surface area contributed by atoms with Crippen molar-refractivity contribution in [1.29, 1.82) is 0 Å². The Kier molecular flexibility index (Phi) is 6.29. The Hall–Kier alpha value is -1.62. The highest BCUT2D eigenvalue weighted by molar-refractivity contribution is 5.95. The van der Waals surface area contributed by atoms with E-state index in [1.165, 1.54) is 0 Å². The van der Waals surface area contributed by atoms with Crippen LogP contribution in [0.15, 0.2) is 12.1 Å². The first kappa shape index (κ1) is 15.4. The molecule has 0 aliphatic carbocycles. The van der Waals surface area contributed by atoms with Crippen LogP contribution in [0.25, 0.3) is 0 Å². The molecule has 1 heterocycles. The van der Waals surface area contributed by atoms with Gasteiger partial charge in [0.2, 0.25) is 0 Å². The topological polar surface area (TPSA) is 63.2 Å². The zero-order valence-electron chi connectivity index (χ0n) is 12.1. The van der Waals surface area contributed by atoms with Crippen molar-refractivity contribution in [3.8, 4) is 0 Å². The quantitative estimate of drug-likeness (QED) is 0.740. The van der Waals surface area contributed by atoms with Gasteiger partial charge in [0.1, 0.15) is 5.82 Å². The van der Waals surface area contributed by atoms with Crippen molar-refractivity contribution in [2.24, 2.45) is 0 Å². The van der Waals surface area contributed by atoms with Gasteiger partial charge in [-0.25, -0.2) is 4.98 Å². The molecule has 2 N–H and O–H groups in total. The summed E-state index contributed by atoms with van der Waals surface area (Å²) in [7, 11) is 3.45. The van der Waals surface area contributed by atoms with Crippen LogP contribution in [-0.2, 0) is 4.74 Å². The van der Waals surface area contributed by atoms with E-state index in [0.29, 0.717) is 24.5 Å². The van der Waals surface area contributed by atoms with Gasteiger partial charge in [-0.1, -0.05) is 13.8 Å². The van der Waals surface area contributed by atoms with Gasteiger partial charge in [-0.15, -0.1) is 0 Å². The minimum atomic E-state index is -0.0723. The number of rotatable bonds is 7. The molecule has 1 rings (SSSR count). The molecule has 0 saturated heterocycles. The summed E-state index contributed by atoms with van der Waals surface area (Å²) in [5, 5.41) is 5.86. The number of carbonyl (C=O) groups excluding carboxylic acids is 1. The van der Waals surface area contributed by atoms with Gasteiger partial charge in [0, 0.05) is 38.6 Å². The number of nitrogens with zero attached hydrogens (tertiary/aromatic N) is 1. The number of nitrogens with one attached hydrogen (secondary N) is 2. The fourth-order valence-electron chi connectivity index (χ4n) is 1.63. The molecule has 5 heteroatoms. The molecular weight excluding hydrogens is 242 g/mol. The fraction of sp³-hybridized carbons (Fsp3) is 0.571. The second-order valence-corrected chi connectivity index (χ2v) is 4.67. The number of amides is 1. The van der Waals surface area contributed by atoms with E-state index in [0.717, 1.165) is 12.1 Å². The molecule has 0 aliphatic rings. The fourth-order valence-corrected chi connectivity index (χ4v) is 1.63. The van der Waals surface area contributed by atoms with Gasteiger partial charge in [0.05, 0.1) is 0 Å². The van der Waals surface area contributed by atoms with E-state index in [4.69, 9.17) is 4.74 Å². The number of hydrogen-bond acceptors (Lipinski definition) is 4. The normalized spacial score (nSPS) is 10.6. The summed E-state index contributed by atoms with van der Waals surface area (Å²) < 4.78 is 4.95. The number of hydrogen-bond donors (Lipinski definition) is 2. The van der Waals surface area contributed by atoms with E-state index in [9.17, 15) is 4.79 Å². The van der Waals surface area contributed by atoms with Gasteiger partial charge in [-0.05, 0) is 24.5 Å². The Bertz CT molecular complexity index is 419. The van der Waals surface area contributed by atoms with E-state index < -0.39 is 0 Å². The van der Waals surface area contributed by atoms with Crippen molar-refractivity contribution in [3.05, 3.63) is 23.4 Å². The smallest absolute Gasteiger partial charge is 0.251 e. The molecule has 1 aromatic rings. The molecule has 0 saturated carbocycles. The minimum absolute atomic E-state index is 0.0723. The predicted molar refractivity (Wildman–Crippen MR) is 76.7 cm³/mol. The molecule has 1 aromatic heterocycles. The SMILES string of the molecule is CNc1cc(C(=O)NCCCOC)cc(C(C)C)n1. The summed E-state index contributed by atoms with van der Waals surface area (Å²) in [6, 6.07) is 3.61. The molecular formula is C14H23N3O2. The number of pyridine rings is 1. The Morgan fingerprint density at radius 1 is 1.42 bits per heavy atom. The van der Waals surface area contributed by atoms with Crippen molar-refractivity contribution in [2.45, 2.75) is 26.2 Å². The number of anilines is 1. The Morgan fingerprint density at radius 3 is 2.74 bits per heavy atom. The van der Waals surface area contributed by atoms with Crippen molar-refractivity contribution < 1.29 is 9.53 Å². The molecule has 0 atom stereocenters. The van der Waals surface area contributed by atoms with Crippen LogP contribution in [0, 0.1) is 0 Å². The zero-order chi connectivity index (χ0) is 14.3. The first-order valence-electron chi connectivity index (χ1n) is 6.55. The second kappa shape index (κ2) is 7.74. The third-order valence-corrected chi connectivity index (χ3v) is 2.77. The van der Waals surface area contributed by atoms with E-state index in [2.05, 4.69) is 29.5 Å². The van der Waals surface area contributed by atoms with Crippen LogP contribution in [0.1, 0.15) is 42.2 Å². The lowest BCUT2D eigenvalue weighted by Gasteiger charge is -2.11. The lowest BCUT2D eigenvalue weighted by Crippen LogP contribution is -2.25. The number of aromatic nitrogens is 1. The van der Waals surface area contributed by atoms with Crippen LogP contribution < -0.4 is 10.6 Å². The maximum Gasteiger partial charge on any atom is 0.251 e. The molecule has 5 nitrogen and oxygen atoms in total. The molecule has 106 valence electrons. The molecule has 0 fully saturated rings. The van der Waals surface area contributed by atoms with Crippen molar-refractivity contribution in [2.75, 3.05) is 32.6 Å². The summed E-state index contributed by atoms with van der Waals surface area (Å²) in [5.74, 6) is 0.929. The third-order valence-electron chi connectivity index (χ3n) is 2.77. The van der Waals surface area contributed by atoms with Gasteiger partial charge >= 0.3 is 0 Å². The Balaban J connectivity index is 2.75. The second-order valence-electron chi connectivity index (χ2n) is 4.67. The van der Waals surface area contributed by atoms with Crippen LogP contribution in [0.4, 0.5) is 5.82 Å². The number of carbonyl (C=O) groups is 1. The largest absolute Gasteiger partial charge is 0.385 e. The van der Waals surface area contributed by atoms with Crippen LogP contribution in [0.5, 0.6) is 0 Å². The van der Waals surface area contributed by atoms with Crippen LogP contribution in [0.2, 0.25) is 0 Å². The molecule has 19 heavy (non-hydrogen) atoms. The van der Waals surface area contributed by atoms with E-state index in [1.54, 1.807) is 20.2 Å². The van der Waals surface area contributed by atoms with Crippen LogP contribution >= 0.6 is 0 Å². The Labute approximate surface area is 114 Å². The first-order chi connectivity index (χ1) is 9.08. The summed E-state index contributed by atoms with van der Waals surface area (Å²) in [6.07, 6.45) is 0.809. The van der Waals surface area contributed by atoms with Gasteiger partial charge < -0.3 is 15.4 Å². The molecule has 0 bridgehead atoms. The maximum absolute atomic E-state index is 12.0. The molecule has 0 aliphatic heterocycles. The average molecular weight is 265 g/mol. The molecule has 0 spiro atoms. The lowest BCUT2D eigenvalue weighted by molar-refractivity contribution is 0.0948. The molecule has 0 unspecified atom stereocenters.